The predicted octanol–water partition coefficient (Wildman–Crippen LogP) is 1.99. The van der Waals surface area contributed by atoms with Gasteiger partial charge in [-0.05, 0) is 49.9 Å². The van der Waals surface area contributed by atoms with Crippen molar-refractivity contribution in [1.82, 2.24) is 10.2 Å². The Balaban J connectivity index is 1.38. The molecule has 1 aromatic carbocycles. The predicted molar refractivity (Wildman–Crippen MR) is 108 cm³/mol. The van der Waals surface area contributed by atoms with Crippen LogP contribution in [0.1, 0.15) is 19.3 Å². The highest BCUT2D eigenvalue weighted by Crippen LogP contribution is 2.27. The van der Waals surface area contributed by atoms with Crippen LogP contribution in [-0.4, -0.2) is 68.9 Å². The molecule has 3 rings (SSSR count). The lowest BCUT2D eigenvalue weighted by Crippen LogP contribution is -2.37. The van der Waals surface area contributed by atoms with Crippen molar-refractivity contribution < 1.29 is 14.3 Å². The lowest BCUT2D eigenvalue weighted by Gasteiger charge is -2.26. The number of hydrogen-bond acceptors (Lipinski definition) is 5. The molecule has 1 atom stereocenters. The normalized spacial score (nSPS) is 20.9. The summed E-state index contributed by atoms with van der Waals surface area (Å²) in [6.45, 7) is 5.86. The number of rotatable bonds is 8. The van der Waals surface area contributed by atoms with Crippen LogP contribution < -0.4 is 10.2 Å². The molecule has 1 unspecified atom stereocenters. The molecule has 27 heavy (non-hydrogen) atoms. The molecule has 0 aromatic heterocycles. The second kappa shape index (κ2) is 10.1. The highest BCUT2D eigenvalue weighted by molar-refractivity contribution is 7.98. The van der Waals surface area contributed by atoms with E-state index in [2.05, 4.69) is 10.2 Å². The SMILES string of the molecule is CSc1ccc(N2CC(C(=O)NCCCCN3CCOCC3)CC2=O)cc1. The summed E-state index contributed by atoms with van der Waals surface area (Å²) >= 11 is 1.67. The van der Waals surface area contributed by atoms with E-state index in [0.717, 1.165) is 56.3 Å². The van der Waals surface area contributed by atoms with Gasteiger partial charge in [0.15, 0.2) is 0 Å². The van der Waals surface area contributed by atoms with E-state index in [-0.39, 0.29) is 17.7 Å². The molecule has 0 spiro atoms. The minimum absolute atomic E-state index is 0.00189. The number of nitrogens with zero attached hydrogens (tertiary/aromatic N) is 2. The minimum atomic E-state index is -0.253. The van der Waals surface area contributed by atoms with Gasteiger partial charge in [-0.1, -0.05) is 0 Å². The zero-order valence-electron chi connectivity index (χ0n) is 16.0. The Kier molecular flexibility index (Phi) is 7.55. The van der Waals surface area contributed by atoms with Gasteiger partial charge >= 0.3 is 0 Å². The Bertz CT molecular complexity index is 632. The highest BCUT2D eigenvalue weighted by atomic mass is 32.2. The van der Waals surface area contributed by atoms with Crippen molar-refractivity contribution >= 4 is 29.3 Å². The summed E-state index contributed by atoms with van der Waals surface area (Å²) in [5.74, 6) is -0.228. The molecule has 7 heteroatoms. The Morgan fingerprint density at radius 3 is 2.67 bits per heavy atom. The summed E-state index contributed by atoms with van der Waals surface area (Å²) in [5.41, 5.74) is 0.874. The van der Waals surface area contributed by atoms with Crippen molar-refractivity contribution in [2.24, 2.45) is 5.92 Å². The Morgan fingerprint density at radius 1 is 1.22 bits per heavy atom. The summed E-state index contributed by atoms with van der Waals surface area (Å²) in [6.07, 6.45) is 4.35. The van der Waals surface area contributed by atoms with Gasteiger partial charge in [0.1, 0.15) is 0 Å². The average Bonchev–Trinajstić information content (AvgIpc) is 3.10. The third-order valence-corrected chi connectivity index (χ3v) is 5.93. The van der Waals surface area contributed by atoms with E-state index < -0.39 is 0 Å². The third kappa shape index (κ3) is 5.70. The maximum absolute atomic E-state index is 12.4. The van der Waals surface area contributed by atoms with Crippen LogP contribution >= 0.6 is 11.8 Å². The number of carbonyl (C=O) groups excluding carboxylic acids is 2. The molecule has 6 nitrogen and oxygen atoms in total. The van der Waals surface area contributed by atoms with Crippen LogP contribution in [0.5, 0.6) is 0 Å². The molecule has 1 N–H and O–H groups in total. The van der Waals surface area contributed by atoms with Crippen molar-refractivity contribution in [2.75, 3.05) is 57.1 Å². The number of carbonyl (C=O) groups is 2. The fourth-order valence-electron chi connectivity index (χ4n) is 3.54. The minimum Gasteiger partial charge on any atom is -0.379 e. The van der Waals surface area contributed by atoms with E-state index in [1.165, 1.54) is 0 Å². The first-order chi connectivity index (χ1) is 13.2. The Morgan fingerprint density at radius 2 is 1.96 bits per heavy atom. The number of ether oxygens (including phenoxy) is 1. The molecule has 0 saturated carbocycles. The number of unbranched alkanes of at least 4 members (excludes halogenated alkanes) is 1. The fraction of sp³-hybridized carbons (Fsp3) is 0.600. The van der Waals surface area contributed by atoms with Crippen molar-refractivity contribution in [3.05, 3.63) is 24.3 Å². The van der Waals surface area contributed by atoms with Gasteiger partial charge in [-0.3, -0.25) is 14.5 Å². The zero-order chi connectivity index (χ0) is 19.1. The second-order valence-electron chi connectivity index (χ2n) is 7.06. The molecule has 2 saturated heterocycles. The zero-order valence-corrected chi connectivity index (χ0v) is 16.8. The van der Waals surface area contributed by atoms with Gasteiger partial charge in [0, 0.05) is 43.2 Å². The molecule has 2 aliphatic rings. The van der Waals surface area contributed by atoms with Crippen molar-refractivity contribution in [3.63, 3.8) is 0 Å². The molecular formula is C20H29N3O3S. The maximum atomic E-state index is 12.4. The Labute approximate surface area is 165 Å². The third-order valence-electron chi connectivity index (χ3n) is 5.18. The van der Waals surface area contributed by atoms with Gasteiger partial charge in [0.25, 0.3) is 0 Å². The summed E-state index contributed by atoms with van der Waals surface area (Å²) in [4.78, 5) is 30.0. The number of amides is 2. The van der Waals surface area contributed by atoms with Gasteiger partial charge < -0.3 is 15.0 Å². The summed E-state index contributed by atoms with van der Waals surface area (Å²) < 4.78 is 5.35. The standard InChI is InChI=1S/C20H29N3O3S/c1-27-18-6-4-17(5-7-18)23-15-16(14-19(23)24)20(25)21-8-2-3-9-22-10-12-26-13-11-22/h4-7,16H,2-3,8-15H2,1H3,(H,21,25). The highest BCUT2D eigenvalue weighted by Gasteiger charge is 2.34. The molecule has 148 valence electrons. The van der Waals surface area contributed by atoms with Crippen LogP contribution in [0.4, 0.5) is 5.69 Å². The molecule has 2 amide bonds. The molecule has 1 aromatic rings. The molecular weight excluding hydrogens is 362 g/mol. The number of thioether (sulfide) groups is 1. The van der Waals surface area contributed by atoms with E-state index >= 15 is 0 Å². The van der Waals surface area contributed by atoms with Gasteiger partial charge in [-0.15, -0.1) is 11.8 Å². The van der Waals surface area contributed by atoms with Crippen LogP contribution in [0.3, 0.4) is 0 Å². The van der Waals surface area contributed by atoms with Crippen LogP contribution in [-0.2, 0) is 14.3 Å². The number of benzene rings is 1. The first kappa shape index (κ1) is 20.2. The van der Waals surface area contributed by atoms with Crippen molar-refractivity contribution in [1.29, 1.82) is 0 Å². The Hall–Kier alpha value is -1.57. The largest absolute Gasteiger partial charge is 0.379 e. The molecule has 2 heterocycles. The number of anilines is 1. The number of hydrogen-bond donors (Lipinski definition) is 1. The van der Waals surface area contributed by atoms with Crippen LogP contribution in [0.15, 0.2) is 29.2 Å². The summed E-state index contributed by atoms with van der Waals surface area (Å²) in [5, 5.41) is 3.01. The first-order valence-electron chi connectivity index (χ1n) is 9.69. The van der Waals surface area contributed by atoms with Crippen LogP contribution in [0.2, 0.25) is 0 Å². The molecule has 2 fully saturated rings. The number of nitrogens with one attached hydrogen (secondary N) is 1. The topological polar surface area (TPSA) is 61.9 Å². The molecule has 2 aliphatic heterocycles. The van der Waals surface area contributed by atoms with Crippen molar-refractivity contribution in [3.8, 4) is 0 Å². The number of morpholine rings is 1. The maximum Gasteiger partial charge on any atom is 0.227 e. The van der Waals surface area contributed by atoms with Gasteiger partial charge in [-0.25, -0.2) is 0 Å². The summed E-state index contributed by atoms with van der Waals surface area (Å²) in [7, 11) is 0. The lowest BCUT2D eigenvalue weighted by atomic mass is 10.1. The first-order valence-corrected chi connectivity index (χ1v) is 10.9. The van der Waals surface area contributed by atoms with Gasteiger partial charge in [0.2, 0.25) is 11.8 Å². The monoisotopic (exact) mass is 391 g/mol. The van der Waals surface area contributed by atoms with Crippen LogP contribution in [0.25, 0.3) is 0 Å². The van der Waals surface area contributed by atoms with E-state index in [1.54, 1.807) is 16.7 Å². The average molecular weight is 392 g/mol. The second-order valence-corrected chi connectivity index (χ2v) is 7.94. The van der Waals surface area contributed by atoms with E-state index in [9.17, 15) is 9.59 Å². The quantitative estimate of drug-likeness (QED) is 0.542. The van der Waals surface area contributed by atoms with Gasteiger partial charge in [0.05, 0.1) is 19.1 Å². The molecule has 0 aliphatic carbocycles. The van der Waals surface area contributed by atoms with E-state index in [1.807, 2.05) is 30.5 Å². The summed E-state index contributed by atoms with van der Waals surface area (Å²) in [6, 6.07) is 7.93. The van der Waals surface area contributed by atoms with Gasteiger partial charge in [-0.2, -0.15) is 0 Å². The van der Waals surface area contributed by atoms with Crippen molar-refractivity contribution in [2.45, 2.75) is 24.2 Å². The smallest absolute Gasteiger partial charge is 0.227 e. The molecule has 0 bridgehead atoms. The fourth-order valence-corrected chi connectivity index (χ4v) is 3.94. The van der Waals surface area contributed by atoms with E-state index in [4.69, 9.17) is 4.74 Å². The van der Waals surface area contributed by atoms with E-state index in [0.29, 0.717) is 19.5 Å². The lowest BCUT2D eigenvalue weighted by molar-refractivity contribution is -0.126. The molecule has 0 radical (unpaired) electrons. The van der Waals surface area contributed by atoms with Crippen LogP contribution in [0, 0.1) is 5.92 Å².